The highest BCUT2D eigenvalue weighted by atomic mass is 79.9. The molecule has 0 amide bonds. The van der Waals surface area contributed by atoms with Crippen LogP contribution < -0.4 is 14.7 Å². The molecule has 3 aromatic carbocycles. The van der Waals surface area contributed by atoms with E-state index in [2.05, 4.69) is 80.1 Å². The molecular weight excluding hydrogens is 1170 g/mol. The highest BCUT2D eigenvalue weighted by Gasteiger charge is 2.23. The first-order chi connectivity index (χ1) is 41.8. The second-order valence-electron chi connectivity index (χ2n) is 19.7. The predicted octanol–water partition coefficient (Wildman–Crippen LogP) is 10.4. The topological polar surface area (TPSA) is 194 Å². The molecule has 9 aromatic heterocycles. The molecule has 426 valence electrons. The number of fused-ring (bicyclic) bond motifs is 3. The number of imidazole rings is 3. The maximum Gasteiger partial charge on any atom is 0.225 e. The van der Waals surface area contributed by atoms with E-state index in [0.29, 0.717) is 79.2 Å². The fourth-order valence-corrected chi connectivity index (χ4v) is 10.7. The number of rotatable bonds is 9. The van der Waals surface area contributed by atoms with Gasteiger partial charge in [0.25, 0.3) is 0 Å². The predicted molar refractivity (Wildman–Crippen MR) is 324 cm³/mol. The molecule has 12 heterocycles. The van der Waals surface area contributed by atoms with E-state index in [1.54, 1.807) is 84.5 Å². The standard InChI is InChI=1S/C21H17ClFN5O.C20H17BrN6O.C20H17FN6O/c22-16-11-15(23)2-3-18(16)28-19-13-24-6-5-17(19)26-21(28)14-1-4-20(25-12-14)27-7-9-29-10-8-27;21-15-1-3-16(4-2-15)27-18-13-22-6-5-17(18)25-19(27)14-11-23-20(24-12-14)26-7-9-28-10-8-26;21-15-3-1-2-4-17(15)27-18-13-22-6-5-16(18)25-19(27)14-11-23-20(24-12-14)26-7-9-28-10-8-26/h1-6,11-13H,7-10H2;2*1-6,11-13H,7-10H2. The molecule has 0 bridgehead atoms. The van der Waals surface area contributed by atoms with Gasteiger partial charge in [-0.1, -0.05) is 39.7 Å². The van der Waals surface area contributed by atoms with Gasteiger partial charge in [0.05, 0.1) is 119 Å². The van der Waals surface area contributed by atoms with E-state index in [0.717, 1.165) is 111 Å². The first-order valence-corrected chi connectivity index (χ1v) is 28.5. The van der Waals surface area contributed by atoms with Crippen LogP contribution in [0.5, 0.6) is 0 Å². The van der Waals surface area contributed by atoms with Crippen molar-refractivity contribution in [2.45, 2.75) is 0 Å². The number of para-hydroxylation sites is 1. The highest BCUT2D eigenvalue weighted by molar-refractivity contribution is 9.10. The lowest BCUT2D eigenvalue weighted by molar-refractivity contribution is 0.122. The zero-order chi connectivity index (χ0) is 57.6. The summed E-state index contributed by atoms with van der Waals surface area (Å²) in [6.07, 6.45) is 19.3. The van der Waals surface area contributed by atoms with Crippen LogP contribution in [0.25, 0.3) is 84.3 Å². The molecule has 3 aliphatic rings. The summed E-state index contributed by atoms with van der Waals surface area (Å²) in [6.45, 7) is 8.94. The van der Waals surface area contributed by atoms with Crippen molar-refractivity contribution in [3.8, 4) is 51.2 Å². The Morgan fingerprint density at radius 1 is 0.435 bits per heavy atom. The van der Waals surface area contributed by atoms with Crippen molar-refractivity contribution in [1.82, 2.24) is 68.5 Å². The third kappa shape index (κ3) is 11.7. The number of anilines is 3. The van der Waals surface area contributed by atoms with Gasteiger partial charge in [-0.3, -0.25) is 28.7 Å². The monoisotopic (exact) mass is 1220 g/mol. The van der Waals surface area contributed by atoms with Gasteiger partial charge in [0.1, 0.15) is 34.9 Å². The van der Waals surface area contributed by atoms with Crippen molar-refractivity contribution >= 4 is 78.3 Å². The summed E-state index contributed by atoms with van der Waals surface area (Å²) in [5, 5.41) is 0.298. The molecule has 85 heavy (non-hydrogen) atoms. The number of morpholine rings is 3. The molecule has 0 N–H and O–H groups in total. The SMILES string of the molecule is Brc1ccc(-n2c(-c3cnc(N4CCOCC4)nc3)nc3ccncc32)cc1.Fc1ccc(-n2c(-c3ccc(N4CCOCC4)nc3)nc3ccncc32)c(Cl)c1.Fc1ccccc1-n1c(-c2cnc(N3CCOCC3)nc2)nc2ccncc21. The molecule has 3 saturated heterocycles. The maximum atomic E-state index is 14.6. The summed E-state index contributed by atoms with van der Waals surface area (Å²) in [7, 11) is 0. The Hall–Kier alpha value is -9.26. The normalized spacial score (nSPS) is 14.5. The zero-order valence-electron chi connectivity index (χ0n) is 45.4. The van der Waals surface area contributed by atoms with Crippen LogP contribution in [-0.2, 0) is 14.2 Å². The minimum Gasteiger partial charge on any atom is -0.378 e. The summed E-state index contributed by atoms with van der Waals surface area (Å²) >= 11 is 9.86. The van der Waals surface area contributed by atoms with Crippen LogP contribution in [0, 0.1) is 11.6 Å². The van der Waals surface area contributed by atoms with E-state index in [-0.39, 0.29) is 11.6 Å². The van der Waals surface area contributed by atoms with Crippen molar-refractivity contribution in [3.63, 3.8) is 0 Å². The van der Waals surface area contributed by atoms with Gasteiger partial charge >= 0.3 is 0 Å². The molecule has 20 nitrogen and oxygen atoms in total. The third-order valence-corrected chi connectivity index (χ3v) is 15.3. The molecule has 12 aromatic rings. The maximum absolute atomic E-state index is 14.6. The zero-order valence-corrected chi connectivity index (χ0v) is 47.8. The fraction of sp³-hybridized carbons (Fsp3) is 0.197. The first kappa shape index (κ1) is 55.0. The van der Waals surface area contributed by atoms with Gasteiger partial charge in [-0.25, -0.2) is 48.7 Å². The molecule has 3 fully saturated rings. The van der Waals surface area contributed by atoms with Crippen LogP contribution in [0.3, 0.4) is 0 Å². The lowest BCUT2D eigenvalue weighted by Gasteiger charge is -2.27. The Balaban J connectivity index is 0.000000119. The lowest BCUT2D eigenvalue weighted by Crippen LogP contribution is -2.37. The molecule has 3 aliphatic heterocycles. The van der Waals surface area contributed by atoms with E-state index in [1.165, 1.54) is 18.2 Å². The molecule has 0 atom stereocenters. The molecule has 0 unspecified atom stereocenters. The van der Waals surface area contributed by atoms with Crippen LogP contribution in [0.15, 0.2) is 170 Å². The summed E-state index contributed by atoms with van der Waals surface area (Å²) < 4.78 is 51.1. The quantitative estimate of drug-likeness (QED) is 0.132. The molecule has 24 heteroatoms. The van der Waals surface area contributed by atoms with E-state index in [9.17, 15) is 8.78 Å². The van der Waals surface area contributed by atoms with Crippen LogP contribution in [-0.4, -0.2) is 147 Å². The minimum absolute atomic E-state index is 0.298. The molecule has 0 radical (unpaired) electrons. The summed E-state index contributed by atoms with van der Waals surface area (Å²) in [5.74, 6) is 3.59. The second-order valence-corrected chi connectivity index (χ2v) is 21.0. The summed E-state index contributed by atoms with van der Waals surface area (Å²) in [5.41, 5.74) is 9.27. The Morgan fingerprint density at radius 3 is 1.39 bits per heavy atom. The van der Waals surface area contributed by atoms with Gasteiger partial charge in [-0.2, -0.15) is 0 Å². The number of ether oxygens (including phenoxy) is 3. The summed E-state index contributed by atoms with van der Waals surface area (Å²) in [6, 6.07) is 28.6. The lowest BCUT2D eigenvalue weighted by atomic mass is 10.2. The molecule has 0 spiro atoms. The molecule has 15 rings (SSSR count). The number of hydrogen-bond acceptors (Lipinski definition) is 17. The van der Waals surface area contributed by atoms with E-state index < -0.39 is 0 Å². The van der Waals surface area contributed by atoms with Crippen LogP contribution in [0.4, 0.5) is 26.5 Å². The van der Waals surface area contributed by atoms with Gasteiger partial charge in [0, 0.05) is 105 Å². The van der Waals surface area contributed by atoms with Crippen molar-refractivity contribution in [2.24, 2.45) is 0 Å². The number of benzene rings is 3. The van der Waals surface area contributed by atoms with Gasteiger partial charge in [0.2, 0.25) is 11.9 Å². The van der Waals surface area contributed by atoms with Gasteiger partial charge in [0.15, 0.2) is 0 Å². The molecular formula is C61H51BrClF2N17O3. The second kappa shape index (κ2) is 24.9. The van der Waals surface area contributed by atoms with Crippen molar-refractivity contribution < 1.29 is 23.0 Å². The Bertz CT molecular complexity index is 4270. The number of nitrogens with zero attached hydrogens (tertiary/aromatic N) is 17. The van der Waals surface area contributed by atoms with E-state index >= 15 is 0 Å². The molecule has 0 aliphatic carbocycles. The van der Waals surface area contributed by atoms with Crippen LogP contribution >= 0.6 is 27.5 Å². The van der Waals surface area contributed by atoms with Crippen LogP contribution in [0.1, 0.15) is 0 Å². The van der Waals surface area contributed by atoms with Gasteiger partial charge < -0.3 is 28.9 Å². The van der Waals surface area contributed by atoms with E-state index in [4.69, 9.17) is 35.8 Å². The third-order valence-electron chi connectivity index (χ3n) is 14.4. The van der Waals surface area contributed by atoms with Crippen molar-refractivity contribution in [3.05, 3.63) is 186 Å². The van der Waals surface area contributed by atoms with Gasteiger partial charge in [-0.15, -0.1) is 0 Å². The fourth-order valence-electron chi connectivity index (χ4n) is 10.2. The Morgan fingerprint density at radius 2 is 0.894 bits per heavy atom. The van der Waals surface area contributed by atoms with E-state index in [1.807, 2.05) is 71.7 Å². The smallest absolute Gasteiger partial charge is 0.225 e. The average molecular weight is 1220 g/mol. The average Bonchev–Trinajstić information content (AvgIpc) is 2.97. The van der Waals surface area contributed by atoms with Crippen LogP contribution in [0.2, 0.25) is 5.02 Å². The summed E-state index contributed by atoms with van der Waals surface area (Å²) in [4.78, 5) is 56.1. The largest absolute Gasteiger partial charge is 0.378 e. The number of pyridine rings is 4. The first-order valence-electron chi connectivity index (χ1n) is 27.3. The Kier molecular flexibility index (Phi) is 16.1. The Labute approximate surface area is 498 Å². The number of hydrogen-bond donors (Lipinski definition) is 0. The number of halogens is 4. The molecule has 0 saturated carbocycles. The highest BCUT2D eigenvalue weighted by Crippen LogP contribution is 2.34. The van der Waals surface area contributed by atoms with Crippen molar-refractivity contribution in [1.29, 1.82) is 0 Å². The van der Waals surface area contributed by atoms with Gasteiger partial charge in [-0.05, 0) is 84.9 Å². The number of aromatic nitrogens is 14. The van der Waals surface area contributed by atoms with Crippen molar-refractivity contribution in [2.75, 3.05) is 93.6 Å². The minimum atomic E-state index is -0.389.